The maximum atomic E-state index is 12.8. The first-order chi connectivity index (χ1) is 11.5. The molecule has 0 aliphatic carbocycles. The Kier molecular flexibility index (Phi) is 5.76. The largest absolute Gasteiger partial charge is 0.416 e. The van der Waals surface area contributed by atoms with E-state index in [9.17, 15) is 26.3 Å². The summed E-state index contributed by atoms with van der Waals surface area (Å²) in [5, 5.41) is -0.598. The van der Waals surface area contributed by atoms with Crippen LogP contribution in [0.25, 0.3) is 0 Å². The minimum atomic E-state index is -4.42. The second kappa shape index (κ2) is 7.32. The van der Waals surface area contributed by atoms with Gasteiger partial charge in [-0.25, -0.2) is 0 Å². The molecule has 0 heterocycles. The van der Waals surface area contributed by atoms with Crippen molar-refractivity contribution in [3.63, 3.8) is 0 Å². The molecule has 0 radical (unpaired) electrons. The quantitative estimate of drug-likeness (QED) is 0.504. The molecule has 2 aromatic rings. The van der Waals surface area contributed by atoms with Gasteiger partial charge in [-0.3, -0.25) is 0 Å². The highest BCUT2D eigenvalue weighted by molar-refractivity contribution is 7.99. The van der Waals surface area contributed by atoms with Gasteiger partial charge in [0.25, 0.3) is 0 Å². The van der Waals surface area contributed by atoms with Crippen LogP contribution in [0.3, 0.4) is 0 Å². The van der Waals surface area contributed by atoms with E-state index in [1.165, 1.54) is 23.9 Å². The van der Waals surface area contributed by atoms with Gasteiger partial charge in [0.05, 0.1) is 11.1 Å². The summed E-state index contributed by atoms with van der Waals surface area (Å²) >= 11 is 1.31. The SMILES string of the molecule is CC(SC(C)c1cccc(C(F)(F)F)c1)c1cccc(C(F)(F)F)c1. The van der Waals surface area contributed by atoms with Crippen LogP contribution in [-0.4, -0.2) is 0 Å². The smallest absolute Gasteiger partial charge is 0.166 e. The van der Waals surface area contributed by atoms with Crippen LogP contribution in [0.1, 0.15) is 46.6 Å². The van der Waals surface area contributed by atoms with Crippen LogP contribution in [-0.2, 0) is 12.4 Å². The summed E-state index contributed by atoms with van der Waals surface area (Å²) in [4.78, 5) is 0. The third-order valence-corrected chi connectivity index (χ3v) is 5.14. The van der Waals surface area contributed by atoms with Crippen LogP contribution in [0.5, 0.6) is 0 Å². The molecular formula is C18H16F6S. The van der Waals surface area contributed by atoms with E-state index >= 15 is 0 Å². The molecule has 0 nitrogen and oxygen atoms in total. The first-order valence-corrected chi connectivity index (χ1v) is 8.42. The molecule has 0 bridgehead atoms. The van der Waals surface area contributed by atoms with E-state index < -0.39 is 23.5 Å². The van der Waals surface area contributed by atoms with Crippen molar-refractivity contribution in [3.8, 4) is 0 Å². The second-order valence-electron chi connectivity index (χ2n) is 5.67. The van der Waals surface area contributed by atoms with Crippen LogP contribution >= 0.6 is 11.8 Å². The van der Waals surface area contributed by atoms with E-state index in [0.717, 1.165) is 24.3 Å². The predicted octanol–water partition coefficient (Wildman–Crippen LogP) is 7.28. The number of rotatable bonds is 4. The van der Waals surface area contributed by atoms with Crippen molar-refractivity contribution in [1.82, 2.24) is 0 Å². The standard InChI is InChI=1S/C18H16F6S/c1-11(13-5-3-7-15(9-13)17(19,20)21)25-12(2)14-6-4-8-16(10-14)18(22,23)24/h3-12H,1-2H3. The zero-order valence-electron chi connectivity index (χ0n) is 13.4. The number of thioether (sulfide) groups is 1. The lowest BCUT2D eigenvalue weighted by atomic mass is 10.1. The number of hydrogen-bond acceptors (Lipinski definition) is 1. The molecule has 2 unspecified atom stereocenters. The maximum absolute atomic E-state index is 12.8. The first kappa shape index (κ1) is 19.7. The van der Waals surface area contributed by atoms with E-state index in [0.29, 0.717) is 11.1 Å². The summed E-state index contributed by atoms with van der Waals surface area (Å²) in [5.41, 5.74) is -0.495. The number of halogens is 6. The minimum Gasteiger partial charge on any atom is -0.166 e. The molecule has 2 rings (SSSR count). The van der Waals surface area contributed by atoms with Gasteiger partial charge in [-0.05, 0) is 37.1 Å². The highest BCUT2D eigenvalue weighted by atomic mass is 32.2. The van der Waals surface area contributed by atoms with Gasteiger partial charge in [0, 0.05) is 10.5 Å². The molecular weight excluding hydrogens is 362 g/mol. The summed E-state index contributed by atoms with van der Waals surface area (Å²) in [6.07, 6.45) is -8.85. The predicted molar refractivity (Wildman–Crippen MR) is 87.3 cm³/mol. The van der Waals surface area contributed by atoms with Gasteiger partial charge >= 0.3 is 12.4 Å². The van der Waals surface area contributed by atoms with E-state index in [-0.39, 0.29) is 10.5 Å². The van der Waals surface area contributed by atoms with Gasteiger partial charge in [-0.1, -0.05) is 36.4 Å². The highest BCUT2D eigenvalue weighted by Crippen LogP contribution is 2.42. The average molecular weight is 378 g/mol. The number of hydrogen-bond donors (Lipinski definition) is 0. The molecule has 0 saturated heterocycles. The Balaban J connectivity index is 2.17. The molecule has 25 heavy (non-hydrogen) atoms. The lowest BCUT2D eigenvalue weighted by Crippen LogP contribution is -2.06. The van der Waals surface area contributed by atoms with Crippen molar-refractivity contribution in [3.05, 3.63) is 70.8 Å². The third kappa shape index (κ3) is 5.17. The Bertz CT molecular complexity index is 658. The number of alkyl halides is 6. The van der Waals surface area contributed by atoms with Crippen LogP contribution in [0.4, 0.5) is 26.3 Å². The van der Waals surface area contributed by atoms with Crippen molar-refractivity contribution in [2.24, 2.45) is 0 Å². The fourth-order valence-electron chi connectivity index (χ4n) is 2.40. The highest BCUT2D eigenvalue weighted by Gasteiger charge is 2.32. The zero-order chi connectivity index (χ0) is 18.8. The van der Waals surface area contributed by atoms with Crippen molar-refractivity contribution in [1.29, 1.82) is 0 Å². The Morgan fingerprint density at radius 1 is 0.680 bits per heavy atom. The summed E-state index contributed by atoms with van der Waals surface area (Å²) < 4.78 is 76.8. The molecule has 0 N–H and O–H groups in total. The molecule has 2 atom stereocenters. The van der Waals surface area contributed by atoms with Crippen molar-refractivity contribution >= 4 is 11.8 Å². The van der Waals surface area contributed by atoms with Crippen LogP contribution in [0.2, 0.25) is 0 Å². The normalized spacial score (nSPS) is 15.0. The summed E-state index contributed by atoms with van der Waals surface area (Å²) in [6.45, 7) is 3.48. The van der Waals surface area contributed by atoms with Crippen LogP contribution < -0.4 is 0 Å². The van der Waals surface area contributed by atoms with Gasteiger partial charge in [0.1, 0.15) is 0 Å². The fraction of sp³-hybridized carbons (Fsp3) is 0.333. The molecule has 0 saturated carbocycles. The van der Waals surface area contributed by atoms with Gasteiger partial charge < -0.3 is 0 Å². The van der Waals surface area contributed by atoms with E-state index in [2.05, 4.69) is 0 Å². The van der Waals surface area contributed by atoms with Gasteiger partial charge in [-0.15, -0.1) is 11.8 Å². The number of benzene rings is 2. The van der Waals surface area contributed by atoms with Gasteiger partial charge in [-0.2, -0.15) is 26.3 Å². The second-order valence-corrected chi connectivity index (χ2v) is 7.35. The minimum absolute atomic E-state index is 0.299. The molecule has 0 aromatic heterocycles. The Morgan fingerprint density at radius 3 is 1.36 bits per heavy atom. The molecule has 0 fully saturated rings. The summed E-state index contributed by atoms with van der Waals surface area (Å²) in [5.74, 6) is 0. The van der Waals surface area contributed by atoms with Gasteiger partial charge in [0.15, 0.2) is 0 Å². The van der Waals surface area contributed by atoms with Crippen LogP contribution in [0.15, 0.2) is 48.5 Å². The topological polar surface area (TPSA) is 0 Å². The molecule has 0 amide bonds. The molecule has 136 valence electrons. The van der Waals surface area contributed by atoms with E-state index in [1.807, 2.05) is 0 Å². The van der Waals surface area contributed by atoms with E-state index in [4.69, 9.17) is 0 Å². The first-order valence-electron chi connectivity index (χ1n) is 7.48. The summed E-state index contributed by atoms with van der Waals surface area (Å²) in [6, 6.07) is 10.0. The fourth-order valence-corrected chi connectivity index (χ4v) is 3.62. The van der Waals surface area contributed by atoms with Gasteiger partial charge in [0.2, 0.25) is 0 Å². The Hall–Kier alpha value is -1.63. The monoisotopic (exact) mass is 378 g/mol. The summed E-state index contributed by atoms with van der Waals surface area (Å²) in [7, 11) is 0. The maximum Gasteiger partial charge on any atom is 0.416 e. The molecule has 0 spiro atoms. The molecule has 0 aliphatic heterocycles. The van der Waals surface area contributed by atoms with Crippen LogP contribution in [0, 0.1) is 0 Å². The van der Waals surface area contributed by atoms with Crippen molar-refractivity contribution in [2.45, 2.75) is 36.7 Å². The van der Waals surface area contributed by atoms with Crippen molar-refractivity contribution in [2.75, 3.05) is 0 Å². The Morgan fingerprint density at radius 2 is 1.04 bits per heavy atom. The average Bonchev–Trinajstić information content (AvgIpc) is 2.53. The lowest BCUT2D eigenvalue weighted by Gasteiger charge is -2.20. The third-order valence-electron chi connectivity index (χ3n) is 3.77. The van der Waals surface area contributed by atoms with Crippen molar-refractivity contribution < 1.29 is 26.3 Å². The molecule has 2 aromatic carbocycles. The molecule has 7 heteroatoms. The molecule has 0 aliphatic rings. The van der Waals surface area contributed by atoms with E-state index in [1.54, 1.807) is 26.0 Å². The zero-order valence-corrected chi connectivity index (χ0v) is 14.3. The lowest BCUT2D eigenvalue weighted by molar-refractivity contribution is -0.138. The Labute approximate surface area is 146 Å².